The van der Waals surface area contributed by atoms with Crippen LogP contribution in [-0.4, -0.2) is 17.1 Å². The quantitative estimate of drug-likeness (QED) is 0.881. The van der Waals surface area contributed by atoms with Gasteiger partial charge in [0.1, 0.15) is 4.60 Å². The predicted octanol–water partition coefficient (Wildman–Crippen LogP) is 2.86. The van der Waals surface area contributed by atoms with Crippen molar-refractivity contribution in [3.8, 4) is 5.88 Å². The van der Waals surface area contributed by atoms with Gasteiger partial charge in [-0.1, -0.05) is 6.07 Å². The number of aromatic nitrogens is 2. The number of hydrogen-bond donors (Lipinski definition) is 1. The SMILES string of the molecule is COc1cccc(CNc2cccnc2Br)n1. The second-order valence-electron chi connectivity index (χ2n) is 3.37. The van der Waals surface area contributed by atoms with Gasteiger partial charge in [-0.3, -0.25) is 0 Å². The van der Waals surface area contributed by atoms with Crippen molar-refractivity contribution in [2.75, 3.05) is 12.4 Å². The monoisotopic (exact) mass is 293 g/mol. The van der Waals surface area contributed by atoms with E-state index in [2.05, 4.69) is 31.2 Å². The second-order valence-corrected chi connectivity index (χ2v) is 4.12. The Bertz CT molecular complexity index is 505. The van der Waals surface area contributed by atoms with Gasteiger partial charge >= 0.3 is 0 Å². The van der Waals surface area contributed by atoms with Crippen LogP contribution in [0.5, 0.6) is 5.88 Å². The van der Waals surface area contributed by atoms with Gasteiger partial charge in [-0.25, -0.2) is 9.97 Å². The normalized spacial score (nSPS) is 10.0. The summed E-state index contributed by atoms with van der Waals surface area (Å²) in [4.78, 5) is 8.45. The largest absolute Gasteiger partial charge is 0.481 e. The van der Waals surface area contributed by atoms with Gasteiger partial charge in [-0.2, -0.15) is 0 Å². The van der Waals surface area contributed by atoms with Crippen molar-refractivity contribution in [3.05, 3.63) is 46.8 Å². The Labute approximate surface area is 108 Å². The van der Waals surface area contributed by atoms with E-state index in [1.165, 1.54) is 0 Å². The van der Waals surface area contributed by atoms with E-state index >= 15 is 0 Å². The van der Waals surface area contributed by atoms with Crippen LogP contribution in [-0.2, 0) is 6.54 Å². The Hall–Kier alpha value is -1.62. The Balaban J connectivity index is 2.05. The minimum Gasteiger partial charge on any atom is -0.481 e. The van der Waals surface area contributed by atoms with Crippen LogP contribution in [0, 0.1) is 0 Å². The van der Waals surface area contributed by atoms with Crippen molar-refractivity contribution in [2.24, 2.45) is 0 Å². The van der Waals surface area contributed by atoms with Crippen molar-refractivity contribution in [3.63, 3.8) is 0 Å². The third kappa shape index (κ3) is 3.17. The van der Waals surface area contributed by atoms with Gasteiger partial charge in [0.05, 0.1) is 25.0 Å². The Morgan fingerprint density at radius 1 is 1.29 bits per heavy atom. The summed E-state index contributed by atoms with van der Waals surface area (Å²) in [6.45, 7) is 0.626. The van der Waals surface area contributed by atoms with E-state index in [0.717, 1.165) is 16.0 Å². The number of pyridine rings is 2. The zero-order valence-electron chi connectivity index (χ0n) is 9.35. The number of hydrogen-bond acceptors (Lipinski definition) is 4. The number of ether oxygens (including phenoxy) is 1. The van der Waals surface area contributed by atoms with E-state index in [1.807, 2.05) is 30.3 Å². The zero-order valence-corrected chi connectivity index (χ0v) is 10.9. The average molecular weight is 294 g/mol. The fourth-order valence-corrected chi connectivity index (χ4v) is 1.76. The molecule has 0 saturated carbocycles. The second kappa shape index (κ2) is 5.63. The highest BCUT2D eigenvalue weighted by Crippen LogP contribution is 2.19. The first-order chi connectivity index (χ1) is 8.29. The molecule has 17 heavy (non-hydrogen) atoms. The summed E-state index contributed by atoms with van der Waals surface area (Å²) in [5.74, 6) is 0.620. The number of halogens is 1. The molecule has 88 valence electrons. The molecule has 0 unspecified atom stereocenters. The van der Waals surface area contributed by atoms with Gasteiger partial charge in [-0.05, 0) is 34.1 Å². The van der Waals surface area contributed by atoms with E-state index in [4.69, 9.17) is 4.74 Å². The summed E-state index contributed by atoms with van der Waals surface area (Å²) in [5.41, 5.74) is 1.86. The molecule has 5 heteroatoms. The van der Waals surface area contributed by atoms with Crippen LogP contribution in [0.3, 0.4) is 0 Å². The van der Waals surface area contributed by atoms with Crippen molar-refractivity contribution in [1.29, 1.82) is 0 Å². The van der Waals surface area contributed by atoms with Crippen LogP contribution < -0.4 is 10.1 Å². The third-order valence-electron chi connectivity index (χ3n) is 2.21. The lowest BCUT2D eigenvalue weighted by atomic mass is 10.3. The van der Waals surface area contributed by atoms with Crippen LogP contribution in [0.25, 0.3) is 0 Å². The predicted molar refractivity (Wildman–Crippen MR) is 70.1 cm³/mol. The summed E-state index contributed by atoms with van der Waals surface area (Å²) in [6.07, 6.45) is 1.74. The first-order valence-corrected chi connectivity index (χ1v) is 5.93. The molecule has 2 aromatic rings. The van der Waals surface area contributed by atoms with E-state index < -0.39 is 0 Å². The maximum absolute atomic E-state index is 5.07. The summed E-state index contributed by atoms with van der Waals surface area (Å²) in [5, 5.41) is 3.25. The van der Waals surface area contributed by atoms with Crippen LogP contribution >= 0.6 is 15.9 Å². The van der Waals surface area contributed by atoms with Crippen LogP contribution in [0.1, 0.15) is 5.69 Å². The molecule has 2 rings (SSSR count). The summed E-state index contributed by atoms with van der Waals surface area (Å²) < 4.78 is 5.86. The average Bonchev–Trinajstić information content (AvgIpc) is 2.38. The molecule has 0 aromatic carbocycles. The molecule has 0 aliphatic heterocycles. The molecule has 0 spiro atoms. The molecule has 0 fully saturated rings. The van der Waals surface area contributed by atoms with Crippen LogP contribution in [0.15, 0.2) is 41.1 Å². The minimum absolute atomic E-state index is 0.620. The number of anilines is 1. The minimum atomic E-state index is 0.620. The number of nitrogens with one attached hydrogen (secondary N) is 1. The standard InChI is InChI=1S/C12H12BrN3O/c1-17-11-6-2-4-9(16-11)8-15-10-5-3-7-14-12(10)13/h2-7,15H,8H2,1H3. The maximum atomic E-state index is 5.07. The molecule has 0 bridgehead atoms. The van der Waals surface area contributed by atoms with Crippen molar-refractivity contribution >= 4 is 21.6 Å². The van der Waals surface area contributed by atoms with Gasteiger partial charge in [0.25, 0.3) is 0 Å². The topological polar surface area (TPSA) is 47.0 Å². The first-order valence-electron chi connectivity index (χ1n) is 5.14. The molecule has 0 atom stereocenters. The van der Waals surface area contributed by atoms with Gasteiger partial charge in [0.15, 0.2) is 0 Å². The van der Waals surface area contributed by atoms with Gasteiger partial charge in [-0.15, -0.1) is 0 Å². The van der Waals surface area contributed by atoms with E-state index in [0.29, 0.717) is 12.4 Å². The summed E-state index contributed by atoms with van der Waals surface area (Å²) in [7, 11) is 1.61. The number of rotatable bonds is 4. The molecule has 0 amide bonds. The first kappa shape index (κ1) is 11.9. The molecule has 2 aromatic heterocycles. The van der Waals surface area contributed by atoms with E-state index in [-0.39, 0.29) is 0 Å². The Morgan fingerprint density at radius 2 is 2.18 bits per heavy atom. The van der Waals surface area contributed by atoms with Crippen LogP contribution in [0.2, 0.25) is 0 Å². The molecule has 4 nitrogen and oxygen atoms in total. The van der Waals surface area contributed by atoms with Gasteiger partial charge < -0.3 is 10.1 Å². The lowest BCUT2D eigenvalue weighted by Crippen LogP contribution is -2.03. The highest BCUT2D eigenvalue weighted by atomic mass is 79.9. The fourth-order valence-electron chi connectivity index (χ4n) is 1.37. The fraction of sp³-hybridized carbons (Fsp3) is 0.167. The van der Waals surface area contributed by atoms with Crippen molar-refractivity contribution < 1.29 is 4.74 Å². The van der Waals surface area contributed by atoms with Gasteiger partial charge in [0, 0.05) is 12.3 Å². The van der Waals surface area contributed by atoms with E-state index in [9.17, 15) is 0 Å². The lowest BCUT2D eigenvalue weighted by Gasteiger charge is -2.07. The maximum Gasteiger partial charge on any atom is 0.213 e. The van der Waals surface area contributed by atoms with Crippen molar-refractivity contribution in [2.45, 2.75) is 6.54 Å². The smallest absolute Gasteiger partial charge is 0.213 e. The molecular weight excluding hydrogens is 282 g/mol. The van der Waals surface area contributed by atoms with Gasteiger partial charge in [0.2, 0.25) is 5.88 Å². The highest BCUT2D eigenvalue weighted by molar-refractivity contribution is 9.10. The number of nitrogens with zero attached hydrogens (tertiary/aromatic N) is 2. The third-order valence-corrected chi connectivity index (χ3v) is 2.84. The molecule has 0 saturated heterocycles. The van der Waals surface area contributed by atoms with Crippen molar-refractivity contribution in [1.82, 2.24) is 9.97 Å². The molecule has 0 aliphatic rings. The zero-order chi connectivity index (χ0) is 12.1. The van der Waals surface area contributed by atoms with E-state index in [1.54, 1.807) is 13.3 Å². The molecule has 1 N–H and O–H groups in total. The highest BCUT2D eigenvalue weighted by Gasteiger charge is 2.01. The lowest BCUT2D eigenvalue weighted by molar-refractivity contribution is 0.396. The van der Waals surface area contributed by atoms with Crippen LogP contribution in [0.4, 0.5) is 5.69 Å². The Kier molecular flexibility index (Phi) is 3.93. The molecule has 0 aliphatic carbocycles. The number of methoxy groups -OCH3 is 1. The molecular formula is C12H12BrN3O. The Morgan fingerprint density at radius 3 is 2.94 bits per heavy atom. The molecule has 2 heterocycles. The molecule has 0 radical (unpaired) electrons. The summed E-state index contributed by atoms with van der Waals surface area (Å²) >= 11 is 3.38. The summed E-state index contributed by atoms with van der Waals surface area (Å²) in [6, 6.07) is 9.52.